The summed E-state index contributed by atoms with van der Waals surface area (Å²) in [5.74, 6) is -7.31. The molecule has 0 saturated heterocycles. The van der Waals surface area contributed by atoms with Crippen LogP contribution < -0.4 is 27.4 Å². The summed E-state index contributed by atoms with van der Waals surface area (Å²) in [4.78, 5) is 81.8. The van der Waals surface area contributed by atoms with Crippen molar-refractivity contribution in [1.29, 1.82) is 0 Å². The highest BCUT2D eigenvalue weighted by atomic mass is 32.2. The van der Waals surface area contributed by atoms with Crippen LogP contribution in [0.15, 0.2) is 0 Å². The first-order chi connectivity index (χ1) is 16.3. The summed E-state index contributed by atoms with van der Waals surface area (Å²) in [7, 11) is 0. The molecule has 0 aliphatic heterocycles. The molecule has 0 saturated carbocycles. The monoisotopic (exact) mass is 521 g/mol. The van der Waals surface area contributed by atoms with Crippen LogP contribution in [-0.2, 0) is 33.6 Å². The first-order valence-corrected chi connectivity index (χ1v) is 11.8. The first-order valence-electron chi connectivity index (χ1n) is 10.4. The van der Waals surface area contributed by atoms with Gasteiger partial charge in [-0.15, -0.1) is 0 Å². The first kappa shape index (κ1) is 31.6. The normalized spacial score (nSPS) is 14.0. The molecular weight excluding hydrogens is 490 g/mol. The molecule has 0 spiro atoms. The maximum absolute atomic E-state index is 12.8. The van der Waals surface area contributed by atoms with Crippen molar-refractivity contribution in [3.8, 4) is 0 Å². The van der Waals surface area contributed by atoms with Crippen LogP contribution in [0.2, 0.25) is 0 Å². The van der Waals surface area contributed by atoms with Crippen LogP contribution in [0.1, 0.15) is 38.5 Å². The molecule has 0 radical (unpaired) electrons. The number of rotatable bonds is 18. The Kier molecular flexibility index (Phi) is 14.7. The highest BCUT2D eigenvalue weighted by Gasteiger charge is 2.30. The number of hydrogen-bond acceptors (Lipinski definition) is 9. The smallest absolute Gasteiger partial charge is 0.326 e. The third-order valence-electron chi connectivity index (χ3n) is 4.55. The Labute approximate surface area is 204 Å². The van der Waals surface area contributed by atoms with E-state index in [1.54, 1.807) is 6.26 Å². The SMILES string of the molecule is CSCCC(NC(=O)C(CCC(=O)O)NC(=O)C(N)CC(=O)O)C(=O)NC(CCC(N)=O)C(=O)O. The van der Waals surface area contributed by atoms with E-state index in [4.69, 9.17) is 21.7 Å². The van der Waals surface area contributed by atoms with E-state index in [1.807, 2.05) is 0 Å². The van der Waals surface area contributed by atoms with Crippen LogP contribution in [0.25, 0.3) is 0 Å². The number of aliphatic carboxylic acids is 3. The fourth-order valence-electron chi connectivity index (χ4n) is 2.69. The second kappa shape index (κ2) is 16.3. The van der Waals surface area contributed by atoms with Crippen molar-refractivity contribution in [3.05, 3.63) is 0 Å². The molecule has 4 amide bonds. The summed E-state index contributed by atoms with van der Waals surface area (Å²) < 4.78 is 0. The van der Waals surface area contributed by atoms with Crippen LogP contribution in [0, 0.1) is 0 Å². The average molecular weight is 522 g/mol. The highest BCUT2D eigenvalue weighted by molar-refractivity contribution is 7.98. The van der Waals surface area contributed by atoms with Gasteiger partial charge >= 0.3 is 17.9 Å². The largest absolute Gasteiger partial charge is 0.481 e. The predicted molar refractivity (Wildman–Crippen MR) is 122 cm³/mol. The minimum atomic E-state index is -1.51. The lowest BCUT2D eigenvalue weighted by Gasteiger charge is -2.25. The molecule has 0 fully saturated rings. The van der Waals surface area contributed by atoms with Crippen molar-refractivity contribution in [1.82, 2.24) is 16.0 Å². The molecule has 0 aromatic heterocycles. The molecule has 4 atom stereocenters. The number of carboxylic acids is 3. The molecule has 4 unspecified atom stereocenters. The van der Waals surface area contributed by atoms with E-state index in [0.717, 1.165) is 0 Å². The third kappa shape index (κ3) is 13.8. The molecule has 16 heteroatoms. The Morgan fingerprint density at radius 3 is 1.69 bits per heavy atom. The van der Waals surface area contributed by atoms with Gasteiger partial charge in [0.15, 0.2) is 0 Å². The van der Waals surface area contributed by atoms with E-state index < -0.39 is 78.5 Å². The number of hydrogen-bond donors (Lipinski definition) is 8. The van der Waals surface area contributed by atoms with E-state index in [9.17, 15) is 38.7 Å². The van der Waals surface area contributed by atoms with Gasteiger partial charge in [0, 0.05) is 12.8 Å². The van der Waals surface area contributed by atoms with Crippen molar-refractivity contribution in [2.75, 3.05) is 12.0 Å². The Bertz CT molecular complexity index is 809. The molecular formula is C19H31N5O10S. The Balaban J connectivity index is 5.54. The van der Waals surface area contributed by atoms with E-state index in [2.05, 4.69) is 16.0 Å². The molecule has 0 heterocycles. The standard InChI is InChI=1S/C19H31N5O10S/c1-35-7-6-11(18(32)24-12(19(33)34)2-4-13(21)25)23-17(31)10(3-5-14(26)27)22-16(30)9(20)8-15(28)29/h9-12H,2-8,20H2,1H3,(H2,21,25)(H,22,30)(H,23,31)(H,24,32)(H,26,27)(H,28,29)(H,33,34). The van der Waals surface area contributed by atoms with Crippen LogP contribution >= 0.6 is 11.8 Å². The number of carboxylic acid groups (broad SMARTS) is 3. The van der Waals surface area contributed by atoms with Gasteiger partial charge in [-0.3, -0.25) is 28.8 Å². The van der Waals surface area contributed by atoms with Crippen LogP contribution in [0.3, 0.4) is 0 Å². The average Bonchev–Trinajstić information content (AvgIpc) is 2.75. The third-order valence-corrected chi connectivity index (χ3v) is 5.19. The van der Waals surface area contributed by atoms with Crippen molar-refractivity contribution < 1.29 is 48.9 Å². The van der Waals surface area contributed by atoms with E-state index >= 15 is 0 Å². The lowest BCUT2D eigenvalue weighted by atomic mass is 10.1. The zero-order valence-electron chi connectivity index (χ0n) is 19.0. The van der Waals surface area contributed by atoms with Gasteiger partial charge in [0.1, 0.15) is 18.1 Å². The van der Waals surface area contributed by atoms with Crippen LogP contribution in [0.4, 0.5) is 0 Å². The second-order valence-electron chi connectivity index (χ2n) is 7.44. The fourth-order valence-corrected chi connectivity index (χ4v) is 3.16. The number of carbonyl (C=O) groups is 7. The summed E-state index contributed by atoms with van der Waals surface area (Å²) in [5, 5.41) is 33.7. The summed E-state index contributed by atoms with van der Waals surface area (Å²) in [5.41, 5.74) is 10.5. The van der Waals surface area contributed by atoms with Gasteiger partial charge in [-0.1, -0.05) is 0 Å². The number of carbonyl (C=O) groups excluding carboxylic acids is 4. The maximum atomic E-state index is 12.8. The van der Waals surface area contributed by atoms with Crippen molar-refractivity contribution in [3.63, 3.8) is 0 Å². The number of nitrogens with two attached hydrogens (primary N) is 2. The van der Waals surface area contributed by atoms with Gasteiger partial charge in [0.25, 0.3) is 0 Å². The molecule has 0 aliphatic carbocycles. The molecule has 0 aromatic carbocycles. The maximum Gasteiger partial charge on any atom is 0.326 e. The predicted octanol–water partition coefficient (Wildman–Crippen LogP) is -2.79. The minimum absolute atomic E-state index is 0.0546. The zero-order valence-corrected chi connectivity index (χ0v) is 19.8. The number of amides is 4. The molecule has 0 rings (SSSR count). The molecule has 15 nitrogen and oxygen atoms in total. The molecule has 35 heavy (non-hydrogen) atoms. The topological polar surface area (TPSA) is 268 Å². The van der Waals surface area contributed by atoms with E-state index in [-0.39, 0.29) is 25.7 Å². The van der Waals surface area contributed by atoms with Crippen LogP contribution in [-0.4, -0.2) is 93.0 Å². The van der Waals surface area contributed by atoms with Gasteiger partial charge in [-0.25, -0.2) is 4.79 Å². The van der Waals surface area contributed by atoms with Crippen molar-refractivity contribution >= 4 is 53.3 Å². The van der Waals surface area contributed by atoms with Gasteiger partial charge in [-0.05, 0) is 31.3 Å². The van der Waals surface area contributed by atoms with Gasteiger partial charge in [0.2, 0.25) is 23.6 Å². The lowest BCUT2D eigenvalue weighted by molar-refractivity contribution is -0.142. The summed E-state index contributed by atoms with van der Waals surface area (Å²) in [6, 6.07) is -5.69. The molecule has 0 bridgehead atoms. The fraction of sp³-hybridized carbons (Fsp3) is 0.632. The number of thioether (sulfide) groups is 1. The van der Waals surface area contributed by atoms with E-state index in [0.29, 0.717) is 5.75 Å². The van der Waals surface area contributed by atoms with Gasteiger partial charge in [-0.2, -0.15) is 11.8 Å². The van der Waals surface area contributed by atoms with Gasteiger partial charge < -0.3 is 42.7 Å². The summed E-state index contributed by atoms with van der Waals surface area (Å²) >= 11 is 1.33. The molecule has 0 aliphatic rings. The van der Waals surface area contributed by atoms with Gasteiger partial charge in [0.05, 0.1) is 12.5 Å². The number of primary amides is 1. The molecule has 198 valence electrons. The Morgan fingerprint density at radius 1 is 0.743 bits per heavy atom. The van der Waals surface area contributed by atoms with Crippen molar-refractivity contribution in [2.45, 2.75) is 62.7 Å². The Morgan fingerprint density at radius 2 is 1.23 bits per heavy atom. The minimum Gasteiger partial charge on any atom is -0.481 e. The Hall–Kier alpha value is -3.40. The molecule has 10 N–H and O–H groups in total. The highest BCUT2D eigenvalue weighted by Crippen LogP contribution is 2.06. The zero-order chi connectivity index (χ0) is 27.1. The lowest BCUT2D eigenvalue weighted by Crippen LogP contribution is -2.57. The second-order valence-corrected chi connectivity index (χ2v) is 8.43. The number of nitrogens with one attached hydrogen (secondary N) is 3. The molecule has 0 aromatic rings. The van der Waals surface area contributed by atoms with Crippen LogP contribution in [0.5, 0.6) is 0 Å². The van der Waals surface area contributed by atoms with Crippen molar-refractivity contribution in [2.24, 2.45) is 11.5 Å². The summed E-state index contributed by atoms with van der Waals surface area (Å²) in [6.45, 7) is 0. The summed E-state index contributed by atoms with van der Waals surface area (Å²) in [6.07, 6.45) is -0.470. The van der Waals surface area contributed by atoms with E-state index in [1.165, 1.54) is 11.8 Å². The quantitative estimate of drug-likeness (QED) is 0.0909.